The van der Waals surface area contributed by atoms with E-state index < -0.39 is 5.60 Å². The Labute approximate surface area is 115 Å². The van der Waals surface area contributed by atoms with Crippen molar-refractivity contribution in [2.45, 2.75) is 39.2 Å². The quantitative estimate of drug-likeness (QED) is 0.874. The summed E-state index contributed by atoms with van der Waals surface area (Å²) >= 11 is 0. The zero-order chi connectivity index (χ0) is 14.0. The van der Waals surface area contributed by atoms with Crippen LogP contribution in [0.25, 0.3) is 0 Å². The summed E-state index contributed by atoms with van der Waals surface area (Å²) in [6, 6.07) is 1.97. The van der Waals surface area contributed by atoms with Crippen molar-refractivity contribution in [1.82, 2.24) is 9.88 Å². The van der Waals surface area contributed by atoms with Crippen LogP contribution in [0.1, 0.15) is 37.8 Å². The number of aryl methyl sites for hydroxylation is 1. The van der Waals surface area contributed by atoms with Gasteiger partial charge < -0.3 is 15.7 Å². The molecule has 0 amide bonds. The summed E-state index contributed by atoms with van der Waals surface area (Å²) in [5.74, 6) is 1.13. The standard InChI is InChI=1S/C15H25N3O/c1-11(2)10-18-6-4-15(19,5-7-18)13-8-12(3)9-17-14(13)16/h8-9,11,19H,4-7,10H2,1-3H3,(H2,16,17). The molecule has 0 spiro atoms. The van der Waals surface area contributed by atoms with Gasteiger partial charge in [-0.05, 0) is 37.3 Å². The fraction of sp³-hybridized carbons (Fsp3) is 0.667. The van der Waals surface area contributed by atoms with Crippen molar-refractivity contribution >= 4 is 5.82 Å². The Morgan fingerprint density at radius 2 is 2.05 bits per heavy atom. The van der Waals surface area contributed by atoms with Gasteiger partial charge in [-0.2, -0.15) is 0 Å². The van der Waals surface area contributed by atoms with Crippen molar-refractivity contribution in [2.24, 2.45) is 5.92 Å². The van der Waals surface area contributed by atoms with Crippen LogP contribution >= 0.6 is 0 Å². The monoisotopic (exact) mass is 263 g/mol. The molecule has 2 heterocycles. The van der Waals surface area contributed by atoms with E-state index in [1.54, 1.807) is 6.20 Å². The molecule has 1 aliphatic heterocycles. The highest BCUT2D eigenvalue weighted by atomic mass is 16.3. The fourth-order valence-electron chi connectivity index (χ4n) is 2.84. The Morgan fingerprint density at radius 3 is 2.63 bits per heavy atom. The molecule has 1 saturated heterocycles. The first-order valence-electron chi connectivity index (χ1n) is 7.08. The second-order valence-electron chi connectivity index (χ2n) is 6.17. The van der Waals surface area contributed by atoms with E-state index in [9.17, 15) is 5.11 Å². The highest BCUT2D eigenvalue weighted by Crippen LogP contribution is 2.35. The lowest BCUT2D eigenvalue weighted by Gasteiger charge is -2.39. The highest BCUT2D eigenvalue weighted by Gasteiger charge is 2.35. The Morgan fingerprint density at radius 1 is 1.42 bits per heavy atom. The maximum Gasteiger partial charge on any atom is 0.129 e. The average Bonchev–Trinajstić information content (AvgIpc) is 2.35. The molecule has 3 N–H and O–H groups in total. The first-order chi connectivity index (χ1) is 8.90. The van der Waals surface area contributed by atoms with Crippen LogP contribution in [-0.4, -0.2) is 34.6 Å². The Kier molecular flexibility index (Phi) is 4.11. The van der Waals surface area contributed by atoms with Gasteiger partial charge in [-0.25, -0.2) is 4.98 Å². The van der Waals surface area contributed by atoms with Crippen LogP contribution in [0.4, 0.5) is 5.82 Å². The minimum Gasteiger partial charge on any atom is -0.385 e. The predicted molar refractivity (Wildman–Crippen MR) is 77.8 cm³/mol. The van der Waals surface area contributed by atoms with Gasteiger partial charge >= 0.3 is 0 Å². The summed E-state index contributed by atoms with van der Waals surface area (Å²) in [5.41, 5.74) is 6.97. The van der Waals surface area contributed by atoms with Gasteiger partial charge in [-0.15, -0.1) is 0 Å². The van der Waals surface area contributed by atoms with Gasteiger partial charge in [0.15, 0.2) is 0 Å². The summed E-state index contributed by atoms with van der Waals surface area (Å²) in [5, 5.41) is 10.9. The normalized spacial score (nSPS) is 19.8. The Bertz CT molecular complexity index is 437. The molecule has 0 aromatic carbocycles. The van der Waals surface area contributed by atoms with Gasteiger partial charge in [0.05, 0.1) is 5.60 Å². The van der Waals surface area contributed by atoms with Crippen molar-refractivity contribution in [3.8, 4) is 0 Å². The van der Waals surface area contributed by atoms with Crippen molar-refractivity contribution in [1.29, 1.82) is 0 Å². The third-order valence-electron chi connectivity index (χ3n) is 3.86. The van der Waals surface area contributed by atoms with Crippen LogP contribution in [0.3, 0.4) is 0 Å². The molecule has 106 valence electrons. The van der Waals surface area contributed by atoms with E-state index >= 15 is 0 Å². The van der Waals surface area contributed by atoms with Gasteiger partial charge in [0.25, 0.3) is 0 Å². The van der Waals surface area contributed by atoms with Crippen LogP contribution in [0.5, 0.6) is 0 Å². The number of nitrogen functional groups attached to an aromatic ring is 1. The minimum atomic E-state index is -0.809. The highest BCUT2D eigenvalue weighted by molar-refractivity contribution is 5.45. The minimum absolute atomic E-state index is 0.463. The third kappa shape index (κ3) is 3.25. The predicted octanol–water partition coefficient (Wildman–Crippen LogP) is 1.91. The number of aromatic nitrogens is 1. The van der Waals surface area contributed by atoms with E-state index in [1.165, 1.54) is 0 Å². The molecule has 2 rings (SSSR count). The van der Waals surface area contributed by atoms with Gasteiger partial charge in [0.2, 0.25) is 0 Å². The van der Waals surface area contributed by atoms with E-state index in [-0.39, 0.29) is 0 Å². The number of likely N-dealkylation sites (tertiary alicyclic amines) is 1. The number of hydrogen-bond acceptors (Lipinski definition) is 4. The van der Waals surface area contributed by atoms with E-state index in [0.29, 0.717) is 11.7 Å². The zero-order valence-electron chi connectivity index (χ0n) is 12.2. The zero-order valence-corrected chi connectivity index (χ0v) is 12.2. The Hall–Kier alpha value is -1.13. The summed E-state index contributed by atoms with van der Waals surface area (Å²) in [7, 11) is 0. The molecule has 1 aliphatic rings. The number of aliphatic hydroxyl groups is 1. The summed E-state index contributed by atoms with van der Waals surface area (Å²) in [4.78, 5) is 6.59. The molecule has 0 atom stereocenters. The second kappa shape index (κ2) is 5.47. The van der Waals surface area contributed by atoms with Gasteiger partial charge in [0.1, 0.15) is 5.82 Å². The maximum atomic E-state index is 10.9. The average molecular weight is 263 g/mol. The maximum absolute atomic E-state index is 10.9. The smallest absolute Gasteiger partial charge is 0.129 e. The number of pyridine rings is 1. The molecule has 0 aliphatic carbocycles. The van der Waals surface area contributed by atoms with E-state index in [0.717, 1.165) is 43.6 Å². The molecule has 0 saturated carbocycles. The van der Waals surface area contributed by atoms with E-state index in [1.807, 2.05) is 13.0 Å². The number of rotatable bonds is 3. The molecule has 19 heavy (non-hydrogen) atoms. The number of nitrogens with two attached hydrogens (primary N) is 1. The van der Waals surface area contributed by atoms with E-state index in [2.05, 4.69) is 23.7 Å². The molecule has 0 unspecified atom stereocenters. The topological polar surface area (TPSA) is 62.4 Å². The van der Waals surface area contributed by atoms with Crippen LogP contribution in [-0.2, 0) is 5.60 Å². The van der Waals surface area contributed by atoms with Gasteiger partial charge in [-0.1, -0.05) is 13.8 Å². The van der Waals surface area contributed by atoms with Crippen molar-refractivity contribution in [2.75, 3.05) is 25.4 Å². The third-order valence-corrected chi connectivity index (χ3v) is 3.86. The number of nitrogens with zero attached hydrogens (tertiary/aromatic N) is 2. The summed E-state index contributed by atoms with van der Waals surface area (Å²) in [6.45, 7) is 9.36. The molecule has 0 bridgehead atoms. The van der Waals surface area contributed by atoms with Crippen LogP contribution in [0.15, 0.2) is 12.3 Å². The number of anilines is 1. The van der Waals surface area contributed by atoms with Crippen LogP contribution in [0.2, 0.25) is 0 Å². The molecule has 1 aromatic rings. The number of piperidine rings is 1. The van der Waals surface area contributed by atoms with Crippen molar-refractivity contribution in [3.63, 3.8) is 0 Å². The summed E-state index contributed by atoms with van der Waals surface area (Å²) in [6.07, 6.45) is 3.21. The second-order valence-corrected chi connectivity index (χ2v) is 6.17. The fourth-order valence-corrected chi connectivity index (χ4v) is 2.84. The van der Waals surface area contributed by atoms with Crippen LogP contribution < -0.4 is 5.73 Å². The van der Waals surface area contributed by atoms with Crippen LogP contribution in [0, 0.1) is 12.8 Å². The van der Waals surface area contributed by atoms with Crippen molar-refractivity contribution in [3.05, 3.63) is 23.4 Å². The van der Waals surface area contributed by atoms with Gasteiger partial charge in [0, 0.05) is 31.4 Å². The molecule has 1 fully saturated rings. The Balaban J connectivity index is 2.11. The molecule has 4 heteroatoms. The number of hydrogen-bond donors (Lipinski definition) is 2. The lowest BCUT2D eigenvalue weighted by atomic mass is 9.84. The molecular formula is C15H25N3O. The first-order valence-corrected chi connectivity index (χ1v) is 7.08. The van der Waals surface area contributed by atoms with E-state index in [4.69, 9.17) is 5.73 Å². The molecule has 0 radical (unpaired) electrons. The lowest BCUT2D eigenvalue weighted by Crippen LogP contribution is -2.44. The van der Waals surface area contributed by atoms with Gasteiger partial charge in [-0.3, -0.25) is 0 Å². The summed E-state index contributed by atoms with van der Waals surface area (Å²) < 4.78 is 0. The molecule has 4 nitrogen and oxygen atoms in total. The molecule has 1 aromatic heterocycles. The first kappa shape index (κ1) is 14.3. The largest absolute Gasteiger partial charge is 0.385 e. The van der Waals surface area contributed by atoms with Crippen molar-refractivity contribution < 1.29 is 5.11 Å². The lowest BCUT2D eigenvalue weighted by molar-refractivity contribution is -0.0276. The SMILES string of the molecule is Cc1cnc(N)c(C2(O)CCN(CC(C)C)CC2)c1. The molecular weight excluding hydrogens is 238 g/mol.